The Kier molecular flexibility index (Phi) is 4.85. The number of hydrogen-bond acceptors (Lipinski definition) is 4. The van der Waals surface area contributed by atoms with E-state index in [1.807, 2.05) is 50.2 Å². The number of para-hydroxylation sites is 1. The molecule has 0 bridgehead atoms. The van der Waals surface area contributed by atoms with Crippen LogP contribution in [-0.2, 0) is 16.3 Å². The van der Waals surface area contributed by atoms with Gasteiger partial charge in [-0.3, -0.25) is 0 Å². The van der Waals surface area contributed by atoms with E-state index in [2.05, 4.69) is 4.67 Å². The van der Waals surface area contributed by atoms with Gasteiger partial charge in [-0.2, -0.15) is 5.10 Å². The average molecular weight is 440 g/mol. The molecule has 5 rings (SSSR count). The first-order valence-electron chi connectivity index (χ1n) is 10.1. The summed E-state index contributed by atoms with van der Waals surface area (Å²) in [7, 11) is 0. The lowest BCUT2D eigenvalue weighted by atomic mass is 10.2. The Morgan fingerprint density at radius 3 is 2.50 bits per heavy atom. The standard InChI is InChI=1S/C22H22FN4OPS/c1-3-28-29(30)20-15(2)25-26(16-9-5-4-6-10-16)22(20)24-21(27(29)17-13-14-17)18-11-7-8-12-19(18)23/h4-12,17H,3,13-14H2,1-2H3/t29-/m0/s1. The molecule has 2 aromatic carbocycles. The van der Waals surface area contributed by atoms with Gasteiger partial charge in [0.05, 0.1) is 28.9 Å². The summed E-state index contributed by atoms with van der Waals surface area (Å²) in [6.45, 7) is 4.37. The molecule has 1 aliphatic heterocycles. The molecule has 0 saturated heterocycles. The Morgan fingerprint density at radius 1 is 1.13 bits per heavy atom. The van der Waals surface area contributed by atoms with E-state index in [0.717, 1.165) is 29.5 Å². The largest absolute Gasteiger partial charge is 0.331 e. The third-order valence-electron chi connectivity index (χ3n) is 5.31. The Balaban J connectivity index is 1.82. The molecule has 0 amide bonds. The van der Waals surface area contributed by atoms with Crippen molar-refractivity contribution in [2.24, 2.45) is 4.99 Å². The monoisotopic (exact) mass is 440 g/mol. The number of halogens is 1. The van der Waals surface area contributed by atoms with E-state index in [1.54, 1.807) is 16.8 Å². The van der Waals surface area contributed by atoms with Crippen molar-refractivity contribution in [1.29, 1.82) is 0 Å². The van der Waals surface area contributed by atoms with Gasteiger partial charge in [0.2, 0.25) is 0 Å². The molecule has 2 aliphatic rings. The molecular weight excluding hydrogens is 418 g/mol. The molecular formula is C22H22FN4OPS. The molecule has 1 aromatic heterocycles. The molecule has 8 heteroatoms. The van der Waals surface area contributed by atoms with E-state index in [9.17, 15) is 4.39 Å². The number of hydrogen-bond donors (Lipinski definition) is 0. The summed E-state index contributed by atoms with van der Waals surface area (Å²) in [5.74, 6) is 0.883. The van der Waals surface area contributed by atoms with Crippen LogP contribution in [0.4, 0.5) is 10.2 Å². The zero-order valence-electron chi connectivity index (χ0n) is 16.8. The number of rotatable bonds is 5. The van der Waals surface area contributed by atoms with Crippen LogP contribution in [0.25, 0.3) is 5.69 Å². The second kappa shape index (κ2) is 7.41. The molecule has 154 valence electrons. The highest BCUT2D eigenvalue weighted by molar-refractivity contribution is 8.15. The highest BCUT2D eigenvalue weighted by Crippen LogP contribution is 2.60. The molecule has 5 nitrogen and oxygen atoms in total. The number of amidine groups is 1. The predicted octanol–water partition coefficient (Wildman–Crippen LogP) is 4.85. The third-order valence-corrected chi connectivity index (χ3v) is 9.48. The maximum Gasteiger partial charge on any atom is 0.193 e. The van der Waals surface area contributed by atoms with Crippen molar-refractivity contribution in [3.8, 4) is 5.69 Å². The number of nitrogens with zero attached hydrogens (tertiary/aromatic N) is 4. The van der Waals surface area contributed by atoms with E-state index in [4.69, 9.17) is 26.4 Å². The van der Waals surface area contributed by atoms with Crippen molar-refractivity contribution >= 4 is 35.2 Å². The number of aromatic nitrogens is 2. The third kappa shape index (κ3) is 3.04. The SMILES string of the molecule is CCO[P@]1(=S)c2c(C)nn(-c3ccccc3)c2N=C(c2ccccc2F)N1C1CC1. The van der Waals surface area contributed by atoms with Gasteiger partial charge in [-0.15, -0.1) is 0 Å². The molecule has 1 aliphatic carbocycles. The Bertz CT molecular complexity index is 1190. The van der Waals surface area contributed by atoms with Crippen molar-refractivity contribution in [2.75, 3.05) is 6.61 Å². The summed E-state index contributed by atoms with van der Waals surface area (Å²) >= 11 is 6.27. The summed E-state index contributed by atoms with van der Waals surface area (Å²) in [5, 5.41) is 5.65. The molecule has 30 heavy (non-hydrogen) atoms. The summed E-state index contributed by atoms with van der Waals surface area (Å²) < 4.78 is 25.1. The van der Waals surface area contributed by atoms with Crippen LogP contribution in [0, 0.1) is 12.7 Å². The Hall–Kier alpha value is -2.34. The van der Waals surface area contributed by atoms with Gasteiger partial charge in [-0.25, -0.2) is 14.1 Å². The van der Waals surface area contributed by atoms with Gasteiger partial charge in [-0.1, -0.05) is 30.3 Å². The summed E-state index contributed by atoms with van der Waals surface area (Å²) in [6.07, 6.45) is -0.700. The van der Waals surface area contributed by atoms with Gasteiger partial charge in [-0.05, 0) is 62.8 Å². The topological polar surface area (TPSA) is 42.6 Å². The van der Waals surface area contributed by atoms with E-state index < -0.39 is 6.42 Å². The number of aryl methyl sites for hydroxylation is 1. The van der Waals surface area contributed by atoms with Crippen LogP contribution in [0.1, 0.15) is 31.0 Å². The zero-order valence-corrected chi connectivity index (χ0v) is 18.5. The quantitative estimate of drug-likeness (QED) is 0.532. The lowest BCUT2D eigenvalue weighted by molar-refractivity contribution is 0.354. The van der Waals surface area contributed by atoms with E-state index in [0.29, 0.717) is 23.8 Å². The summed E-state index contributed by atoms with van der Waals surface area (Å²) in [5.41, 5.74) is 2.14. The molecule has 0 unspecified atom stereocenters. The number of benzene rings is 2. The van der Waals surface area contributed by atoms with Gasteiger partial charge in [0.15, 0.2) is 12.2 Å². The first-order valence-corrected chi connectivity index (χ1v) is 12.8. The highest BCUT2D eigenvalue weighted by atomic mass is 32.4. The lowest BCUT2D eigenvalue weighted by Gasteiger charge is -2.39. The van der Waals surface area contributed by atoms with Crippen LogP contribution in [-0.4, -0.2) is 32.9 Å². The fourth-order valence-electron chi connectivity index (χ4n) is 3.91. The van der Waals surface area contributed by atoms with Crippen molar-refractivity contribution in [2.45, 2.75) is 32.7 Å². The minimum Gasteiger partial charge on any atom is -0.331 e. The van der Waals surface area contributed by atoms with Gasteiger partial charge >= 0.3 is 0 Å². The zero-order chi connectivity index (χ0) is 20.9. The molecule has 2 heterocycles. The minimum absolute atomic E-state index is 0.216. The van der Waals surface area contributed by atoms with Crippen molar-refractivity contribution < 1.29 is 8.91 Å². The predicted molar refractivity (Wildman–Crippen MR) is 121 cm³/mol. The van der Waals surface area contributed by atoms with E-state index >= 15 is 0 Å². The van der Waals surface area contributed by atoms with Crippen LogP contribution < -0.4 is 5.30 Å². The molecule has 0 spiro atoms. The fourth-order valence-corrected chi connectivity index (χ4v) is 8.23. The van der Waals surface area contributed by atoms with Gasteiger partial charge in [0.1, 0.15) is 11.7 Å². The van der Waals surface area contributed by atoms with Gasteiger partial charge in [0, 0.05) is 6.04 Å². The summed E-state index contributed by atoms with van der Waals surface area (Å²) in [4.78, 5) is 4.98. The second-order valence-electron chi connectivity index (χ2n) is 7.43. The molecule has 1 saturated carbocycles. The molecule has 1 fully saturated rings. The van der Waals surface area contributed by atoms with Crippen LogP contribution >= 0.6 is 6.42 Å². The molecule has 0 N–H and O–H groups in total. The normalized spacial score (nSPS) is 20.8. The molecule has 3 aromatic rings. The minimum atomic E-state index is -2.70. The van der Waals surface area contributed by atoms with Crippen LogP contribution in [0.2, 0.25) is 0 Å². The Morgan fingerprint density at radius 2 is 1.83 bits per heavy atom. The first kappa shape index (κ1) is 19.6. The van der Waals surface area contributed by atoms with Crippen molar-refractivity contribution in [1.82, 2.24) is 14.5 Å². The van der Waals surface area contributed by atoms with Gasteiger partial charge in [0.25, 0.3) is 0 Å². The lowest BCUT2D eigenvalue weighted by Crippen LogP contribution is -2.39. The van der Waals surface area contributed by atoms with Crippen LogP contribution in [0.15, 0.2) is 59.6 Å². The number of aliphatic imine (C=N–C) groups is 1. The molecule has 1 atom stereocenters. The van der Waals surface area contributed by atoms with Crippen LogP contribution in [0.3, 0.4) is 0 Å². The average Bonchev–Trinajstić information content (AvgIpc) is 3.51. The summed E-state index contributed by atoms with van der Waals surface area (Å²) in [6, 6.07) is 16.8. The van der Waals surface area contributed by atoms with Gasteiger partial charge < -0.3 is 9.19 Å². The molecule has 0 radical (unpaired) electrons. The van der Waals surface area contributed by atoms with E-state index in [-0.39, 0.29) is 11.9 Å². The van der Waals surface area contributed by atoms with Crippen molar-refractivity contribution in [3.63, 3.8) is 0 Å². The van der Waals surface area contributed by atoms with E-state index in [1.165, 1.54) is 6.07 Å². The maximum absolute atomic E-state index is 14.9. The number of fused-ring (bicyclic) bond motifs is 1. The smallest absolute Gasteiger partial charge is 0.193 e. The maximum atomic E-state index is 14.9. The fraction of sp³-hybridized carbons (Fsp3) is 0.273. The Labute approximate surface area is 180 Å². The van der Waals surface area contributed by atoms with Crippen molar-refractivity contribution in [3.05, 3.63) is 71.7 Å². The van der Waals surface area contributed by atoms with Crippen LogP contribution in [0.5, 0.6) is 0 Å². The second-order valence-corrected chi connectivity index (χ2v) is 11.1. The highest BCUT2D eigenvalue weighted by Gasteiger charge is 2.48. The first-order chi connectivity index (χ1) is 14.5.